The maximum absolute atomic E-state index is 12.9. The lowest BCUT2D eigenvalue weighted by Crippen LogP contribution is -2.49. The van der Waals surface area contributed by atoms with E-state index in [1.165, 1.54) is 16.9 Å². The summed E-state index contributed by atoms with van der Waals surface area (Å²) in [5.41, 5.74) is 4.96. The van der Waals surface area contributed by atoms with Gasteiger partial charge in [-0.15, -0.1) is 11.3 Å². The first kappa shape index (κ1) is 20.2. The van der Waals surface area contributed by atoms with Crippen molar-refractivity contribution in [3.05, 3.63) is 64.7 Å². The second-order valence-corrected chi connectivity index (χ2v) is 8.29. The predicted octanol–water partition coefficient (Wildman–Crippen LogP) is 4.47. The number of carbonyl (C=O) groups excluding carboxylic acids is 1. The number of thiazole rings is 1. The fraction of sp³-hybridized carbons (Fsp3) is 0.304. The Balaban J connectivity index is 1.39. The minimum Gasteiger partial charge on any atom is -0.495 e. The molecule has 0 atom stereocenters. The summed E-state index contributed by atoms with van der Waals surface area (Å²) in [6, 6.07) is 14.2. The normalized spacial score (nSPS) is 14.0. The van der Waals surface area contributed by atoms with Crippen molar-refractivity contribution in [1.29, 1.82) is 0 Å². The molecule has 1 fully saturated rings. The SMILES string of the molecule is COc1ccccc1N1CCN(C(=O)c2csc(Nc3ccc(C)cc3C)n2)CC1. The molecule has 1 saturated heterocycles. The van der Waals surface area contributed by atoms with Crippen molar-refractivity contribution in [3.63, 3.8) is 0 Å². The number of nitrogens with zero attached hydrogens (tertiary/aromatic N) is 3. The molecule has 0 spiro atoms. The lowest BCUT2D eigenvalue weighted by Gasteiger charge is -2.36. The number of hydrogen-bond acceptors (Lipinski definition) is 6. The monoisotopic (exact) mass is 422 g/mol. The lowest BCUT2D eigenvalue weighted by molar-refractivity contribution is 0.0741. The molecule has 1 aliphatic rings. The quantitative estimate of drug-likeness (QED) is 0.657. The molecule has 2 aromatic carbocycles. The fourth-order valence-electron chi connectivity index (χ4n) is 3.70. The lowest BCUT2D eigenvalue weighted by atomic mass is 10.1. The molecule has 0 saturated carbocycles. The topological polar surface area (TPSA) is 57.7 Å². The largest absolute Gasteiger partial charge is 0.495 e. The molecule has 3 aromatic rings. The summed E-state index contributed by atoms with van der Waals surface area (Å²) in [6.07, 6.45) is 0. The van der Waals surface area contributed by atoms with Crippen molar-refractivity contribution >= 4 is 33.8 Å². The standard InChI is InChI=1S/C23H26N4O2S/c1-16-8-9-18(17(2)14-16)24-23-25-19(15-30-23)22(28)27-12-10-26(11-13-27)20-6-4-5-7-21(20)29-3/h4-9,14-15H,10-13H2,1-3H3,(H,24,25). The van der Waals surface area contributed by atoms with Crippen LogP contribution in [0.4, 0.5) is 16.5 Å². The van der Waals surface area contributed by atoms with Gasteiger partial charge in [-0.3, -0.25) is 4.79 Å². The summed E-state index contributed by atoms with van der Waals surface area (Å²) in [4.78, 5) is 21.6. The van der Waals surface area contributed by atoms with E-state index < -0.39 is 0 Å². The zero-order valence-electron chi connectivity index (χ0n) is 17.5. The number of aryl methyl sites for hydroxylation is 2. The second-order valence-electron chi connectivity index (χ2n) is 7.43. The molecule has 1 N–H and O–H groups in total. The molecule has 7 heteroatoms. The summed E-state index contributed by atoms with van der Waals surface area (Å²) in [6.45, 7) is 7.00. The van der Waals surface area contributed by atoms with Crippen LogP contribution in [-0.4, -0.2) is 49.1 Å². The third-order valence-corrected chi connectivity index (χ3v) is 6.10. The van der Waals surface area contributed by atoms with Gasteiger partial charge >= 0.3 is 0 Å². The van der Waals surface area contributed by atoms with E-state index in [0.717, 1.165) is 40.9 Å². The van der Waals surface area contributed by atoms with Gasteiger partial charge in [0, 0.05) is 37.2 Å². The number of benzene rings is 2. The highest BCUT2D eigenvalue weighted by molar-refractivity contribution is 7.14. The molecule has 0 unspecified atom stereocenters. The van der Waals surface area contributed by atoms with Crippen molar-refractivity contribution in [1.82, 2.24) is 9.88 Å². The highest BCUT2D eigenvalue weighted by atomic mass is 32.1. The van der Waals surface area contributed by atoms with Crippen LogP contribution in [0.15, 0.2) is 47.8 Å². The maximum Gasteiger partial charge on any atom is 0.273 e. The Kier molecular flexibility index (Phi) is 5.90. The van der Waals surface area contributed by atoms with Crippen LogP contribution in [0.25, 0.3) is 0 Å². The second kappa shape index (κ2) is 8.75. The van der Waals surface area contributed by atoms with Crippen LogP contribution >= 0.6 is 11.3 Å². The van der Waals surface area contributed by atoms with Gasteiger partial charge in [0.2, 0.25) is 0 Å². The van der Waals surface area contributed by atoms with E-state index in [0.29, 0.717) is 18.8 Å². The van der Waals surface area contributed by atoms with Crippen molar-refractivity contribution in [3.8, 4) is 5.75 Å². The summed E-state index contributed by atoms with van der Waals surface area (Å²) < 4.78 is 5.47. The molecule has 0 bridgehead atoms. The molecule has 2 heterocycles. The van der Waals surface area contributed by atoms with E-state index in [2.05, 4.69) is 47.2 Å². The van der Waals surface area contributed by atoms with Gasteiger partial charge in [0.05, 0.1) is 12.8 Å². The number of aromatic nitrogens is 1. The van der Waals surface area contributed by atoms with Gasteiger partial charge in [-0.1, -0.05) is 29.8 Å². The highest BCUT2D eigenvalue weighted by Crippen LogP contribution is 2.29. The van der Waals surface area contributed by atoms with E-state index in [4.69, 9.17) is 4.74 Å². The number of para-hydroxylation sites is 2. The van der Waals surface area contributed by atoms with Crippen LogP contribution in [0.5, 0.6) is 5.75 Å². The summed E-state index contributed by atoms with van der Waals surface area (Å²) in [5.74, 6) is 0.846. The van der Waals surface area contributed by atoms with Gasteiger partial charge in [-0.2, -0.15) is 0 Å². The number of rotatable bonds is 5. The van der Waals surface area contributed by atoms with Gasteiger partial charge in [0.25, 0.3) is 5.91 Å². The van der Waals surface area contributed by atoms with Crippen LogP contribution in [0.3, 0.4) is 0 Å². The van der Waals surface area contributed by atoms with Gasteiger partial charge in [0.1, 0.15) is 11.4 Å². The Bertz CT molecular complexity index is 1040. The number of ether oxygens (including phenoxy) is 1. The Morgan fingerprint density at radius 2 is 1.87 bits per heavy atom. The fourth-order valence-corrected chi connectivity index (χ4v) is 4.40. The molecule has 4 rings (SSSR count). The van der Waals surface area contributed by atoms with Gasteiger partial charge in [0.15, 0.2) is 5.13 Å². The van der Waals surface area contributed by atoms with E-state index in [-0.39, 0.29) is 5.91 Å². The summed E-state index contributed by atoms with van der Waals surface area (Å²) >= 11 is 1.46. The van der Waals surface area contributed by atoms with Gasteiger partial charge < -0.3 is 19.9 Å². The first-order chi connectivity index (χ1) is 14.5. The number of methoxy groups -OCH3 is 1. The molecular formula is C23H26N4O2S. The predicted molar refractivity (Wildman–Crippen MR) is 122 cm³/mol. The number of amides is 1. The van der Waals surface area contributed by atoms with Crippen molar-refractivity contribution in [2.75, 3.05) is 43.5 Å². The zero-order chi connectivity index (χ0) is 21.1. The Hall–Kier alpha value is -3.06. The van der Waals surface area contributed by atoms with Crippen molar-refractivity contribution in [2.24, 2.45) is 0 Å². The van der Waals surface area contributed by atoms with E-state index in [9.17, 15) is 4.79 Å². The van der Waals surface area contributed by atoms with Crippen LogP contribution in [0, 0.1) is 13.8 Å². The third kappa shape index (κ3) is 4.26. The molecule has 6 nitrogen and oxygen atoms in total. The van der Waals surface area contributed by atoms with Gasteiger partial charge in [-0.05, 0) is 37.6 Å². The maximum atomic E-state index is 12.9. The molecule has 1 aromatic heterocycles. The van der Waals surface area contributed by atoms with Gasteiger partial charge in [-0.25, -0.2) is 4.98 Å². The number of hydrogen-bond donors (Lipinski definition) is 1. The summed E-state index contributed by atoms with van der Waals surface area (Å²) in [7, 11) is 1.69. The van der Waals surface area contributed by atoms with E-state index in [1.54, 1.807) is 7.11 Å². The molecule has 1 amide bonds. The van der Waals surface area contributed by atoms with Crippen LogP contribution in [-0.2, 0) is 0 Å². The Labute approximate surface area is 181 Å². The summed E-state index contributed by atoms with van der Waals surface area (Å²) in [5, 5.41) is 5.90. The number of piperazine rings is 1. The molecule has 0 aliphatic carbocycles. The minimum absolute atomic E-state index is 0.0143. The van der Waals surface area contributed by atoms with E-state index in [1.807, 2.05) is 34.5 Å². The van der Waals surface area contributed by atoms with Crippen LogP contribution in [0.1, 0.15) is 21.6 Å². The molecule has 0 radical (unpaired) electrons. The third-order valence-electron chi connectivity index (χ3n) is 5.34. The van der Waals surface area contributed by atoms with Crippen molar-refractivity contribution < 1.29 is 9.53 Å². The number of nitrogens with one attached hydrogen (secondary N) is 1. The first-order valence-electron chi connectivity index (χ1n) is 10.0. The molecule has 1 aliphatic heterocycles. The highest BCUT2D eigenvalue weighted by Gasteiger charge is 2.25. The van der Waals surface area contributed by atoms with Crippen LogP contribution < -0.4 is 15.0 Å². The molecule has 156 valence electrons. The van der Waals surface area contributed by atoms with Crippen LogP contribution in [0.2, 0.25) is 0 Å². The number of anilines is 3. The Morgan fingerprint density at radius 1 is 1.10 bits per heavy atom. The van der Waals surface area contributed by atoms with E-state index >= 15 is 0 Å². The zero-order valence-corrected chi connectivity index (χ0v) is 18.3. The first-order valence-corrected chi connectivity index (χ1v) is 10.9. The average molecular weight is 423 g/mol. The molecular weight excluding hydrogens is 396 g/mol. The Morgan fingerprint density at radius 3 is 2.60 bits per heavy atom. The minimum atomic E-state index is -0.0143. The smallest absolute Gasteiger partial charge is 0.273 e. The van der Waals surface area contributed by atoms with Crippen molar-refractivity contribution in [2.45, 2.75) is 13.8 Å². The number of carbonyl (C=O) groups is 1. The molecule has 30 heavy (non-hydrogen) atoms. The average Bonchev–Trinajstić information content (AvgIpc) is 3.24.